The molecule has 5 heteroatoms. The second-order valence-corrected chi connectivity index (χ2v) is 5.45. The first kappa shape index (κ1) is 15.6. The summed E-state index contributed by atoms with van der Waals surface area (Å²) in [5.74, 6) is 0. The van der Waals surface area contributed by atoms with Gasteiger partial charge in [0.05, 0.1) is 18.2 Å². The van der Waals surface area contributed by atoms with Gasteiger partial charge in [-0.05, 0) is 50.2 Å². The van der Waals surface area contributed by atoms with Gasteiger partial charge in [-0.2, -0.15) is 5.26 Å². The molecule has 22 heavy (non-hydrogen) atoms. The molecule has 2 amide bonds. The summed E-state index contributed by atoms with van der Waals surface area (Å²) in [6, 6.07) is 12.8. The number of amides is 2. The molecular formula is C17H20N4O. The number of carbonyl (C=O) groups is 1. The summed E-state index contributed by atoms with van der Waals surface area (Å²) >= 11 is 0. The van der Waals surface area contributed by atoms with Crippen molar-refractivity contribution in [3.05, 3.63) is 53.9 Å². The van der Waals surface area contributed by atoms with E-state index in [0.717, 1.165) is 5.69 Å². The number of hydrogen-bond acceptors (Lipinski definition) is 2. The van der Waals surface area contributed by atoms with Gasteiger partial charge in [-0.15, -0.1) is 0 Å². The molecular weight excluding hydrogens is 276 g/mol. The number of rotatable bonds is 4. The van der Waals surface area contributed by atoms with E-state index in [9.17, 15) is 4.79 Å². The fraction of sp³-hybridized carbons (Fsp3) is 0.294. The molecule has 0 aliphatic heterocycles. The van der Waals surface area contributed by atoms with Crippen LogP contribution in [0.2, 0.25) is 0 Å². The minimum Gasteiger partial charge on any atom is -0.353 e. The zero-order valence-corrected chi connectivity index (χ0v) is 13.1. The summed E-state index contributed by atoms with van der Waals surface area (Å²) in [5, 5.41) is 11.7. The Labute approximate surface area is 130 Å². The molecule has 0 spiro atoms. The molecule has 0 atom stereocenters. The minimum atomic E-state index is -0.152. The largest absolute Gasteiger partial charge is 0.353 e. The molecule has 0 unspecified atom stereocenters. The Morgan fingerprint density at radius 2 is 2.00 bits per heavy atom. The highest BCUT2D eigenvalue weighted by molar-refractivity contribution is 5.89. The van der Waals surface area contributed by atoms with Gasteiger partial charge in [-0.3, -0.25) is 0 Å². The third-order valence-corrected chi connectivity index (χ3v) is 3.53. The van der Waals surface area contributed by atoms with Crippen molar-refractivity contribution >= 4 is 11.7 Å². The molecule has 0 saturated carbocycles. The van der Waals surface area contributed by atoms with Crippen LogP contribution in [0.25, 0.3) is 0 Å². The summed E-state index contributed by atoms with van der Waals surface area (Å²) in [6.07, 6.45) is 1.96. The molecule has 0 fully saturated rings. The Morgan fingerprint density at radius 1 is 1.32 bits per heavy atom. The van der Waals surface area contributed by atoms with Crippen molar-refractivity contribution in [3.8, 4) is 6.07 Å². The number of urea groups is 1. The van der Waals surface area contributed by atoms with E-state index in [1.807, 2.05) is 43.8 Å². The van der Waals surface area contributed by atoms with E-state index in [1.165, 1.54) is 0 Å². The van der Waals surface area contributed by atoms with E-state index in [1.54, 1.807) is 29.2 Å². The molecule has 1 heterocycles. The van der Waals surface area contributed by atoms with Crippen molar-refractivity contribution in [2.24, 2.45) is 7.05 Å². The van der Waals surface area contributed by atoms with Gasteiger partial charge < -0.3 is 14.8 Å². The Hall–Kier alpha value is -2.74. The zero-order chi connectivity index (χ0) is 16.1. The Morgan fingerprint density at radius 3 is 2.50 bits per heavy atom. The first-order valence-corrected chi connectivity index (χ1v) is 7.19. The fourth-order valence-electron chi connectivity index (χ4n) is 2.15. The lowest BCUT2D eigenvalue weighted by molar-refractivity contribution is 0.192. The second-order valence-electron chi connectivity index (χ2n) is 5.45. The number of aromatic nitrogens is 1. The van der Waals surface area contributed by atoms with Gasteiger partial charge in [-0.1, -0.05) is 0 Å². The van der Waals surface area contributed by atoms with Crippen LogP contribution < -0.4 is 5.32 Å². The smallest absolute Gasteiger partial charge is 0.322 e. The molecule has 0 aliphatic carbocycles. The predicted octanol–water partition coefficient (Wildman–Crippen LogP) is 3.34. The van der Waals surface area contributed by atoms with Gasteiger partial charge in [0.1, 0.15) is 0 Å². The SMILES string of the molecule is CC(C)N(Cc1cccn1C)C(=O)Nc1ccc(C#N)cc1. The maximum Gasteiger partial charge on any atom is 0.322 e. The molecule has 0 radical (unpaired) electrons. The number of nitrogens with one attached hydrogen (secondary N) is 1. The topological polar surface area (TPSA) is 61.1 Å². The number of aryl methyl sites for hydroxylation is 1. The molecule has 0 saturated heterocycles. The highest BCUT2D eigenvalue weighted by atomic mass is 16.2. The van der Waals surface area contributed by atoms with Crippen LogP contribution in [-0.4, -0.2) is 21.5 Å². The molecule has 2 aromatic rings. The predicted molar refractivity (Wildman–Crippen MR) is 86.3 cm³/mol. The summed E-state index contributed by atoms with van der Waals surface area (Å²) in [5.41, 5.74) is 2.33. The van der Waals surface area contributed by atoms with Gasteiger partial charge in [-0.25, -0.2) is 4.79 Å². The lowest BCUT2D eigenvalue weighted by atomic mass is 10.2. The Kier molecular flexibility index (Phi) is 4.84. The van der Waals surface area contributed by atoms with E-state index >= 15 is 0 Å². The highest BCUT2D eigenvalue weighted by Crippen LogP contribution is 2.13. The number of nitriles is 1. The average molecular weight is 296 g/mol. The zero-order valence-electron chi connectivity index (χ0n) is 13.1. The standard InChI is InChI=1S/C17H20N4O/c1-13(2)21(12-16-5-4-10-20(16)3)17(22)19-15-8-6-14(11-18)7-9-15/h4-10,13H,12H2,1-3H3,(H,19,22). The molecule has 0 aliphatic rings. The van der Waals surface area contributed by atoms with E-state index < -0.39 is 0 Å². The first-order valence-electron chi connectivity index (χ1n) is 7.19. The summed E-state index contributed by atoms with van der Waals surface area (Å²) in [7, 11) is 1.96. The number of hydrogen-bond donors (Lipinski definition) is 1. The van der Waals surface area contributed by atoms with Crippen molar-refractivity contribution in [1.82, 2.24) is 9.47 Å². The quantitative estimate of drug-likeness (QED) is 0.940. The van der Waals surface area contributed by atoms with Gasteiger partial charge in [0.15, 0.2) is 0 Å². The van der Waals surface area contributed by atoms with Crippen molar-refractivity contribution in [1.29, 1.82) is 5.26 Å². The summed E-state index contributed by atoms with van der Waals surface area (Å²) in [4.78, 5) is 14.3. The Balaban J connectivity index is 2.09. The minimum absolute atomic E-state index is 0.0771. The molecule has 114 valence electrons. The monoisotopic (exact) mass is 296 g/mol. The van der Waals surface area contributed by atoms with Crippen LogP contribution in [0.5, 0.6) is 0 Å². The number of nitrogens with zero attached hydrogens (tertiary/aromatic N) is 3. The van der Waals surface area contributed by atoms with Crippen molar-refractivity contribution < 1.29 is 4.79 Å². The van der Waals surface area contributed by atoms with Crippen LogP contribution in [0.1, 0.15) is 25.1 Å². The van der Waals surface area contributed by atoms with Crippen LogP contribution in [0, 0.1) is 11.3 Å². The van der Waals surface area contributed by atoms with Crippen LogP contribution in [-0.2, 0) is 13.6 Å². The first-order chi connectivity index (χ1) is 10.5. The molecule has 5 nitrogen and oxygen atoms in total. The van der Waals surface area contributed by atoms with Gasteiger partial charge in [0, 0.05) is 30.7 Å². The number of anilines is 1. The van der Waals surface area contributed by atoms with Crippen LogP contribution in [0.3, 0.4) is 0 Å². The molecule has 2 rings (SSSR count). The van der Waals surface area contributed by atoms with Crippen LogP contribution >= 0.6 is 0 Å². The van der Waals surface area contributed by atoms with Crippen LogP contribution in [0.15, 0.2) is 42.6 Å². The van der Waals surface area contributed by atoms with Crippen molar-refractivity contribution in [3.63, 3.8) is 0 Å². The van der Waals surface area contributed by atoms with E-state index in [-0.39, 0.29) is 12.1 Å². The van der Waals surface area contributed by atoms with E-state index in [0.29, 0.717) is 17.8 Å². The van der Waals surface area contributed by atoms with Gasteiger partial charge in [0.2, 0.25) is 0 Å². The molecule has 1 aromatic carbocycles. The van der Waals surface area contributed by atoms with E-state index in [4.69, 9.17) is 5.26 Å². The second kappa shape index (κ2) is 6.81. The third kappa shape index (κ3) is 3.67. The summed E-state index contributed by atoms with van der Waals surface area (Å²) in [6.45, 7) is 4.52. The lowest BCUT2D eigenvalue weighted by Gasteiger charge is -2.27. The van der Waals surface area contributed by atoms with Gasteiger partial charge in [0.25, 0.3) is 0 Å². The summed E-state index contributed by atoms with van der Waals surface area (Å²) < 4.78 is 2.00. The molecule has 1 aromatic heterocycles. The van der Waals surface area contributed by atoms with Crippen molar-refractivity contribution in [2.45, 2.75) is 26.4 Å². The normalized spacial score (nSPS) is 10.3. The fourth-order valence-corrected chi connectivity index (χ4v) is 2.15. The van der Waals surface area contributed by atoms with Crippen LogP contribution in [0.4, 0.5) is 10.5 Å². The average Bonchev–Trinajstić information content (AvgIpc) is 2.90. The number of carbonyl (C=O) groups excluding carboxylic acids is 1. The van der Waals surface area contributed by atoms with Gasteiger partial charge >= 0.3 is 6.03 Å². The van der Waals surface area contributed by atoms with Crippen molar-refractivity contribution in [2.75, 3.05) is 5.32 Å². The number of benzene rings is 1. The molecule has 0 bridgehead atoms. The maximum atomic E-state index is 12.5. The lowest BCUT2D eigenvalue weighted by Crippen LogP contribution is -2.39. The van der Waals surface area contributed by atoms with E-state index in [2.05, 4.69) is 11.4 Å². The third-order valence-electron chi connectivity index (χ3n) is 3.53. The maximum absolute atomic E-state index is 12.5. The highest BCUT2D eigenvalue weighted by Gasteiger charge is 2.18. The Bertz CT molecular complexity index is 679. The molecule has 1 N–H and O–H groups in total.